The summed E-state index contributed by atoms with van der Waals surface area (Å²) < 4.78 is 20.8. The van der Waals surface area contributed by atoms with Crippen LogP contribution in [-0.2, 0) is 0 Å². The van der Waals surface area contributed by atoms with Gasteiger partial charge in [0.15, 0.2) is 5.82 Å². The Bertz CT molecular complexity index is 916. The van der Waals surface area contributed by atoms with Gasteiger partial charge in [-0.05, 0) is 30.4 Å². The standard InChI is InChI=1S/C16H13FN4OS/c1-22-14-9-5-3-7-12(14)15-19-20-16(23)21(15)18-10-11-6-2-4-8-13(11)17/h2-10H,1H3,(H,20,23)/b18-10+. The lowest BCUT2D eigenvalue weighted by Gasteiger charge is -2.06. The zero-order valence-electron chi connectivity index (χ0n) is 12.2. The number of rotatable bonds is 4. The second-order valence-corrected chi connectivity index (χ2v) is 5.02. The Morgan fingerprint density at radius 1 is 1.22 bits per heavy atom. The number of halogens is 1. The molecule has 0 radical (unpaired) electrons. The number of ether oxygens (including phenoxy) is 1. The van der Waals surface area contributed by atoms with Gasteiger partial charge in [-0.25, -0.2) is 9.49 Å². The minimum atomic E-state index is -0.356. The van der Waals surface area contributed by atoms with Gasteiger partial charge >= 0.3 is 0 Å². The molecule has 0 saturated heterocycles. The molecule has 7 heteroatoms. The molecule has 1 N–H and O–H groups in total. The van der Waals surface area contributed by atoms with Gasteiger partial charge in [0.05, 0.1) is 18.9 Å². The van der Waals surface area contributed by atoms with E-state index in [9.17, 15) is 4.39 Å². The largest absolute Gasteiger partial charge is 0.496 e. The topological polar surface area (TPSA) is 55.2 Å². The number of hydrogen-bond donors (Lipinski definition) is 1. The quantitative estimate of drug-likeness (QED) is 0.588. The summed E-state index contributed by atoms with van der Waals surface area (Å²) in [5, 5.41) is 11.1. The van der Waals surface area contributed by atoms with Crippen molar-refractivity contribution in [2.24, 2.45) is 5.10 Å². The minimum Gasteiger partial charge on any atom is -0.496 e. The summed E-state index contributed by atoms with van der Waals surface area (Å²) in [5.74, 6) is 0.772. The number of methoxy groups -OCH3 is 1. The lowest BCUT2D eigenvalue weighted by Crippen LogP contribution is -1.97. The van der Waals surface area contributed by atoms with Crippen molar-refractivity contribution in [2.75, 3.05) is 7.11 Å². The third kappa shape index (κ3) is 3.04. The van der Waals surface area contributed by atoms with Gasteiger partial charge in [-0.2, -0.15) is 14.9 Å². The second-order valence-electron chi connectivity index (χ2n) is 4.63. The van der Waals surface area contributed by atoms with Gasteiger partial charge in [0.2, 0.25) is 4.77 Å². The first-order chi connectivity index (χ1) is 11.2. The molecule has 0 fully saturated rings. The predicted octanol–water partition coefficient (Wildman–Crippen LogP) is 3.64. The lowest BCUT2D eigenvalue weighted by atomic mass is 10.2. The third-order valence-electron chi connectivity index (χ3n) is 3.22. The van der Waals surface area contributed by atoms with E-state index in [4.69, 9.17) is 17.0 Å². The van der Waals surface area contributed by atoms with E-state index >= 15 is 0 Å². The Balaban J connectivity index is 2.07. The number of benzene rings is 2. The fraction of sp³-hybridized carbons (Fsp3) is 0.0625. The number of para-hydroxylation sites is 1. The van der Waals surface area contributed by atoms with Crippen LogP contribution in [0.25, 0.3) is 11.4 Å². The predicted molar refractivity (Wildman–Crippen MR) is 88.8 cm³/mol. The molecule has 0 atom stereocenters. The maximum atomic E-state index is 13.7. The maximum Gasteiger partial charge on any atom is 0.216 e. The molecule has 1 heterocycles. The second kappa shape index (κ2) is 6.53. The molecule has 5 nitrogen and oxygen atoms in total. The SMILES string of the molecule is COc1ccccc1-c1n[nH]c(=S)n1/N=C/c1ccccc1F. The fourth-order valence-corrected chi connectivity index (χ4v) is 2.28. The first-order valence-electron chi connectivity index (χ1n) is 6.80. The number of aromatic amines is 1. The molecule has 0 spiro atoms. The third-order valence-corrected chi connectivity index (χ3v) is 3.48. The molecule has 0 saturated carbocycles. The first-order valence-corrected chi connectivity index (χ1v) is 7.21. The van der Waals surface area contributed by atoms with Crippen LogP contribution in [0.5, 0.6) is 5.75 Å². The summed E-state index contributed by atoms with van der Waals surface area (Å²) in [7, 11) is 1.58. The van der Waals surface area contributed by atoms with Crippen molar-refractivity contribution in [2.45, 2.75) is 0 Å². The molecule has 116 valence electrons. The molecule has 3 rings (SSSR count). The summed E-state index contributed by atoms with van der Waals surface area (Å²) in [6.45, 7) is 0. The highest BCUT2D eigenvalue weighted by molar-refractivity contribution is 7.71. The van der Waals surface area contributed by atoms with E-state index in [1.165, 1.54) is 17.0 Å². The average Bonchev–Trinajstić information content (AvgIpc) is 2.95. The molecule has 23 heavy (non-hydrogen) atoms. The molecule has 1 aromatic heterocycles. The van der Waals surface area contributed by atoms with Crippen LogP contribution in [0.3, 0.4) is 0 Å². The Hall–Kier alpha value is -2.80. The number of aromatic nitrogens is 3. The molecular formula is C16H13FN4OS. The summed E-state index contributed by atoms with van der Waals surface area (Å²) in [4.78, 5) is 0. The van der Waals surface area contributed by atoms with Crippen LogP contribution in [0.15, 0.2) is 53.6 Å². The van der Waals surface area contributed by atoms with Crippen molar-refractivity contribution >= 4 is 18.4 Å². The van der Waals surface area contributed by atoms with Gasteiger partial charge < -0.3 is 4.74 Å². The molecular weight excluding hydrogens is 315 g/mol. The van der Waals surface area contributed by atoms with Gasteiger partial charge in [0.1, 0.15) is 11.6 Å². The number of nitrogens with one attached hydrogen (secondary N) is 1. The van der Waals surface area contributed by atoms with E-state index in [0.29, 0.717) is 21.9 Å². The van der Waals surface area contributed by atoms with E-state index in [1.54, 1.807) is 25.3 Å². The van der Waals surface area contributed by atoms with E-state index in [2.05, 4.69) is 15.3 Å². The van der Waals surface area contributed by atoms with E-state index in [0.717, 1.165) is 5.56 Å². The fourth-order valence-electron chi connectivity index (χ4n) is 2.10. The molecule has 0 amide bonds. The van der Waals surface area contributed by atoms with E-state index in [1.807, 2.05) is 24.3 Å². The molecule has 0 aliphatic rings. The highest BCUT2D eigenvalue weighted by Gasteiger charge is 2.12. The normalized spacial score (nSPS) is 11.0. The summed E-state index contributed by atoms with van der Waals surface area (Å²) in [6.07, 6.45) is 1.40. The highest BCUT2D eigenvalue weighted by Crippen LogP contribution is 2.28. The first kappa shape index (κ1) is 15.1. The summed E-state index contributed by atoms with van der Waals surface area (Å²) >= 11 is 5.20. The molecule has 2 aromatic carbocycles. The smallest absolute Gasteiger partial charge is 0.216 e. The van der Waals surface area contributed by atoms with Crippen LogP contribution in [-0.4, -0.2) is 28.2 Å². The number of H-pyrrole nitrogens is 1. The molecule has 0 bridgehead atoms. The van der Waals surface area contributed by atoms with E-state index < -0.39 is 0 Å². The maximum absolute atomic E-state index is 13.7. The summed E-state index contributed by atoms with van der Waals surface area (Å²) in [6, 6.07) is 13.7. The lowest BCUT2D eigenvalue weighted by molar-refractivity contribution is 0.416. The van der Waals surface area contributed by atoms with Crippen molar-refractivity contribution < 1.29 is 9.13 Å². The van der Waals surface area contributed by atoms with Crippen LogP contribution < -0.4 is 4.74 Å². The molecule has 0 aliphatic carbocycles. The minimum absolute atomic E-state index is 0.304. The Kier molecular flexibility index (Phi) is 4.29. The molecule has 3 aromatic rings. The van der Waals surface area contributed by atoms with Crippen LogP contribution in [0.4, 0.5) is 4.39 Å². The van der Waals surface area contributed by atoms with Gasteiger partial charge in [0.25, 0.3) is 0 Å². The monoisotopic (exact) mass is 328 g/mol. The molecule has 0 aliphatic heterocycles. The van der Waals surface area contributed by atoms with Crippen LogP contribution >= 0.6 is 12.2 Å². The number of nitrogens with zero attached hydrogens (tertiary/aromatic N) is 3. The van der Waals surface area contributed by atoms with Crippen LogP contribution in [0, 0.1) is 10.6 Å². The van der Waals surface area contributed by atoms with Crippen LogP contribution in [0.2, 0.25) is 0 Å². The van der Waals surface area contributed by atoms with Crippen molar-refractivity contribution in [1.29, 1.82) is 0 Å². The highest BCUT2D eigenvalue weighted by atomic mass is 32.1. The zero-order valence-corrected chi connectivity index (χ0v) is 13.0. The Morgan fingerprint density at radius 3 is 2.74 bits per heavy atom. The van der Waals surface area contributed by atoms with Crippen molar-refractivity contribution in [3.05, 3.63) is 64.7 Å². The van der Waals surface area contributed by atoms with Gasteiger partial charge in [-0.1, -0.05) is 30.3 Å². The molecule has 0 unspecified atom stereocenters. The summed E-state index contributed by atoms with van der Waals surface area (Å²) in [5.41, 5.74) is 1.09. The zero-order chi connectivity index (χ0) is 16.2. The van der Waals surface area contributed by atoms with Gasteiger partial charge in [0, 0.05) is 5.56 Å². The Labute approximate surface area is 137 Å². The van der Waals surface area contributed by atoms with Crippen molar-refractivity contribution in [1.82, 2.24) is 14.9 Å². The van der Waals surface area contributed by atoms with Crippen LogP contribution in [0.1, 0.15) is 5.56 Å². The van der Waals surface area contributed by atoms with Gasteiger partial charge in [-0.15, -0.1) is 0 Å². The van der Waals surface area contributed by atoms with E-state index in [-0.39, 0.29) is 5.82 Å². The van der Waals surface area contributed by atoms with Gasteiger partial charge in [-0.3, -0.25) is 0 Å². The Morgan fingerprint density at radius 2 is 1.96 bits per heavy atom. The van der Waals surface area contributed by atoms with Crippen molar-refractivity contribution in [3.8, 4) is 17.1 Å². The number of hydrogen-bond acceptors (Lipinski definition) is 4. The van der Waals surface area contributed by atoms with Crippen molar-refractivity contribution in [3.63, 3.8) is 0 Å². The average molecular weight is 328 g/mol.